The van der Waals surface area contributed by atoms with E-state index in [0.29, 0.717) is 0 Å². The molecule has 0 nitrogen and oxygen atoms in total. The lowest BCUT2D eigenvalue weighted by Gasteiger charge is -1.87. The maximum atomic E-state index is 2.46. The van der Waals surface area contributed by atoms with E-state index in [0.717, 1.165) is 17.8 Å². The lowest BCUT2D eigenvalue weighted by atomic mass is 10.2. The largest absolute Gasteiger partial charge is 0.0880 e. The third-order valence-corrected chi connectivity index (χ3v) is 3.24. The molecule has 0 heterocycles. The predicted octanol–water partition coefficient (Wildman–Crippen LogP) is 2.22. The number of hydrogen-bond donors (Lipinski definition) is 0. The van der Waals surface area contributed by atoms with Gasteiger partial charge in [-0.25, -0.2) is 0 Å². The van der Waals surface area contributed by atoms with Crippen LogP contribution in [0.3, 0.4) is 0 Å². The topological polar surface area (TPSA) is 0 Å². The van der Waals surface area contributed by atoms with Gasteiger partial charge in [0.15, 0.2) is 0 Å². The van der Waals surface area contributed by atoms with Crippen molar-refractivity contribution in [2.45, 2.75) is 19.3 Å². The van der Waals surface area contributed by atoms with Crippen LogP contribution in [0.4, 0.5) is 0 Å². The molecule has 3 aliphatic rings. The van der Waals surface area contributed by atoms with Gasteiger partial charge >= 0.3 is 0 Å². The summed E-state index contributed by atoms with van der Waals surface area (Å²) >= 11 is 0. The van der Waals surface area contributed by atoms with Gasteiger partial charge in [-0.15, -0.1) is 0 Å². The second kappa shape index (κ2) is 1.25. The highest BCUT2D eigenvalue weighted by molar-refractivity contribution is 5.14. The van der Waals surface area contributed by atoms with E-state index in [2.05, 4.69) is 12.2 Å². The highest BCUT2D eigenvalue weighted by Crippen LogP contribution is 2.61. The molecule has 2 saturated carbocycles. The van der Waals surface area contributed by atoms with E-state index >= 15 is 0 Å². The van der Waals surface area contributed by atoms with E-state index in [9.17, 15) is 0 Å². The maximum absolute atomic E-state index is 2.46. The zero-order valence-electron chi connectivity index (χ0n) is 5.59. The van der Waals surface area contributed by atoms with Gasteiger partial charge in [0.2, 0.25) is 0 Å². The first-order valence-electron chi connectivity index (χ1n) is 4.12. The number of fused-ring (bicyclic) bond motifs is 3. The van der Waals surface area contributed by atoms with E-state index in [4.69, 9.17) is 0 Å². The highest BCUT2D eigenvalue weighted by Gasteiger charge is 2.52. The minimum absolute atomic E-state index is 1.03. The van der Waals surface area contributed by atoms with E-state index in [1.165, 1.54) is 18.8 Å². The molecule has 0 radical (unpaired) electrons. The van der Waals surface area contributed by atoms with Gasteiger partial charge in [-0.2, -0.15) is 0 Å². The van der Waals surface area contributed by atoms with Crippen molar-refractivity contribution in [2.75, 3.05) is 0 Å². The molecule has 0 aliphatic heterocycles. The Morgan fingerprint density at radius 3 is 3.11 bits per heavy atom. The molecule has 0 N–H and O–H groups in total. The molecule has 0 bridgehead atoms. The van der Waals surface area contributed by atoms with Gasteiger partial charge in [0.25, 0.3) is 0 Å². The maximum Gasteiger partial charge on any atom is -0.0199 e. The molecular formula is C9H12. The standard InChI is InChI=1S/C9H12/c1-2-6-4-8(6)9-5-7(9)3-1/h1-2,6-9H,3-5H2. The van der Waals surface area contributed by atoms with Crippen molar-refractivity contribution >= 4 is 0 Å². The molecule has 0 amide bonds. The molecule has 0 saturated heterocycles. The molecule has 3 rings (SSSR count). The summed E-state index contributed by atoms with van der Waals surface area (Å²) in [6, 6.07) is 0. The van der Waals surface area contributed by atoms with Crippen LogP contribution in [-0.4, -0.2) is 0 Å². The quantitative estimate of drug-likeness (QED) is 0.430. The van der Waals surface area contributed by atoms with Crippen LogP contribution >= 0.6 is 0 Å². The molecule has 0 spiro atoms. The molecule has 4 atom stereocenters. The lowest BCUT2D eigenvalue weighted by Crippen LogP contribution is -1.82. The monoisotopic (exact) mass is 120 g/mol. The Labute approximate surface area is 56.0 Å². The Morgan fingerprint density at radius 1 is 1.11 bits per heavy atom. The van der Waals surface area contributed by atoms with Gasteiger partial charge in [-0.3, -0.25) is 0 Å². The summed E-state index contributed by atoms with van der Waals surface area (Å²) in [6.07, 6.45) is 9.36. The van der Waals surface area contributed by atoms with Crippen LogP contribution in [-0.2, 0) is 0 Å². The van der Waals surface area contributed by atoms with E-state index in [-0.39, 0.29) is 0 Å². The molecule has 0 aromatic rings. The van der Waals surface area contributed by atoms with Crippen LogP contribution in [0.15, 0.2) is 12.2 Å². The van der Waals surface area contributed by atoms with Crippen molar-refractivity contribution in [2.24, 2.45) is 23.7 Å². The first-order chi connectivity index (χ1) is 4.45. The van der Waals surface area contributed by atoms with Crippen LogP contribution in [0.25, 0.3) is 0 Å². The molecule has 4 unspecified atom stereocenters. The van der Waals surface area contributed by atoms with Crippen molar-refractivity contribution in [1.29, 1.82) is 0 Å². The fourth-order valence-electron chi connectivity index (χ4n) is 2.44. The Hall–Kier alpha value is -0.260. The van der Waals surface area contributed by atoms with Crippen LogP contribution in [0.2, 0.25) is 0 Å². The second-order valence-corrected chi connectivity index (χ2v) is 3.89. The van der Waals surface area contributed by atoms with Gasteiger partial charge in [0.1, 0.15) is 0 Å². The van der Waals surface area contributed by atoms with Gasteiger partial charge in [-0.1, -0.05) is 12.2 Å². The van der Waals surface area contributed by atoms with Crippen molar-refractivity contribution in [1.82, 2.24) is 0 Å². The molecule has 2 fully saturated rings. The van der Waals surface area contributed by atoms with Gasteiger partial charge in [-0.05, 0) is 42.9 Å². The first-order valence-corrected chi connectivity index (χ1v) is 4.12. The SMILES string of the molecule is C1=CC2CC2C2CC2C1. The smallest absolute Gasteiger partial charge is 0.0199 e. The van der Waals surface area contributed by atoms with Crippen molar-refractivity contribution in [3.05, 3.63) is 12.2 Å². The van der Waals surface area contributed by atoms with Crippen LogP contribution < -0.4 is 0 Å². The zero-order chi connectivity index (χ0) is 5.84. The van der Waals surface area contributed by atoms with Crippen molar-refractivity contribution in [3.8, 4) is 0 Å². The number of hydrogen-bond acceptors (Lipinski definition) is 0. The molecule has 0 aromatic heterocycles. The van der Waals surface area contributed by atoms with Crippen molar-refractivity contribution in [3.63, 3.8) is 0 Å². The fourth-order valence-corrected chi connectivity index (χ4v) is 2.44. The number of allylic oxidation sites excluding steroid dienone is 2. The molecular weight excluding hydrogens is 108 g/mol. The fraction of sp³-hybridized carbons (Fsp3) is 0.778. The third-order valence-electron chi connectivity index (χ3n) is 3.24. The lowest BCUT2D eigenvalue weighted by molar-refractivity contribution is 0.623. The predicted molar refractivity (Wildman–Crippen MR) is 37.0 cm³/mol. The second-order valence-electron chi connectivity index (χ2n) is 3.89. The Balaban J connectivity index is 1.91. The normalized spacial score (nSPS) is 59.6. The summed E-state index contributed by atoms with van der Waals surface area (Å²) in [7, 11) is 0. The highest BCUT2D eigenvalue weighted by atomic mass is 14.6. The van der Waals surface area contributed by atoms with E-state index in [1.54, 1.807) is 6.42 Å². The summed E-state index contributed by atoms with van der Waals surface area (Å²) < 4.78 is 0. The van der Waals surface area contributed by atoms with Gasteiger partial charge < -0.3 is 0 Å². The Morgan fingerprint density at radius 2 is 2.11 bits per heavy atom. The summed E-state index contributed by atoms with van der Waals surface area (Å²) in [5.41, 5.74) is 0. The van der Waals surface area contributed by atoms with E-state index in [1.807, 2.05) is 0 Å². The van der Waals surface area contributed by atoms with Crippen molar-refractivity contribution < 1.29 is 0 Å². The minimum Gasteiger partial charge on any atom is -0.0880 e. The molecule has 3 aliphatic carbocycles. The summed E-state index contributed by atoms with van der Waals surface area (Å²) in [5.74, 6) is 4.47. The molecule has 0 aromatic carbocycles. The molecule has 0 heteroatoms. The average Bonchev–Trinajstić information content (AvgIpc) is 2.48. The summed E-state index contributed by atoms with van der Waals surface area (Å²) in [4.78, 5) is 0. The zero-order valence-corrected chi connectivity index (χ0v) is 5.59. The summed E-state index contributed by atoms with van der Waals surface area (Å²) in [6.45, 7) is 0. The van der Waals surface area contributed by atoms with Gasteiger partial charge in [0, 0.05) is 0 Å². The van der Waals surface area contributed by atoms with Crippen LogP contribution in [0, 0.1) is 23.7 Å². The van der Waals surface area contributed by atoms with Crippen LogP contribution in [0.5, 0.6) is 0 Å². The van der Waals surface area contributed by atoms with Gasteiger partial charge in [0.05, 0.1) is 0 Å². The van der Waals surface area contributed by atoms with E-state index < -0.39 is 0 Å². The molecule has 48 valence electrons. The third kappa shape index (κ3) is 0.540. The van der Waals surface area contributed by atoms with Crippen LogP contribution in [0.1, 0.15) is 19.3 Å². The number of rotatable bonds is 0. The Bertz CT molecular complexity index is 169. The minimum atomic E-state index is 1.03. The first kappa shape index (κ1) is 4.54. The average molecular weight is 120 g/mol. The Kier molecular flexibility index (Phi) is 0.633. The summed E-state index contributed by atoms with van der Waals surface area (Å²) in [5, 5.41) is 0. The molecule has 9 heavy (non-hydrogen) atoms.